The van der Waals surface area contributed by atoms with Crippen LogP contribution in [0.15, 0.2) is 109 Å². The number of phenolic OH excluding ortho intramolecular Hbond substituents is 2. The maximum absolute atomic E-state index is 8.63. The summed E-state index contributed by atoms with van der Waals surface area (Å²) in [6, 6.07) is 33.0. The van der Waals surface area contributed by atoms with E-state index in [1.807, 2.05) is 36.4 Å². The molecule has 1 aliphatic carbocycles. The second-order valence-electron chi connectivity index (χ2n) is 8.75. The van der Waals surface area contributed by atoms with Gasteiger partial charge in [0.05, 0.1) is 0 Å². The standard InChI is InChI=1S/C20H18N2O2.2C6H6O/c21-14-23-18-8-4-16(5-9-18)20(12-2-1-3-13-20)17-6-10-19(11-7-17)24-15-22;2*7-6-4-2-1-3-5-6/h4-11H,1-3,12-13H2;2*1-5,7H. The number of hydrogen-bond donors (Lipinski definition) is 2. The summed E-state index contributed by atoms with van der Waals surface area (Å²) in [4.78, 5) is 0. The fourth-order valence-corrected chi connectivity index (χ4v) is 4.54. The van der Waals surface area contributed by atoms with Crippen LogP contribution in [0.5, 0.6) is 23.0 Å². The first kappa shape index (κ1) is 27.6. The maximum Gasteiger partial charge on any atom is 0.292 e. The lowest BCUT2D eigenvalue weighted by atomic mass is 9.65. The highest BCUT2D eigenvalue weighted by Crippen LogP contribution is 2.45. The number of hydrogen-bond acceptors (Lipinski definition) is 6. The van der Waals surface area contributed by atoms with Gasteiger partial charge in [-0.2, -0.15) is 0 Å². The third kappa shape index (κ3) is 8.05. The first-order chi connectivity index (χ1) is 18.6. The van der Waals surface area contributed by atoms with Crippen LogP contribution in [0.25, 0.3) is 0 Å². The van der Waals surface area contributed by atoms with Crippen molar-refractivity contribution in [2.45, 2.75) is 37.5 Å². The van der Waals surface area contributed by atoms with Gasteiger partial charge in [-0.3, -0.25) is 0 Å². The van der Waals surface area contributed by atoms with Crippen molar-refractivity contribution in [2.75, 3.05) is 0 Å². The summed E-state index contributed by atoms with van der Waals surface area (Å²) in [5, 5.41) is 34.5. The van der Waals surface area contributed by atoms with Crippen molar-refractivity contribution in [3.63, 3.8) is 0 Å². The van der Waals surface area contributed by atoms with Crippen LogP contribution in [0.3, 0.4) is 0 Å². The van der Waals surface area contributed by atoms with Crippen molar-refractivity contribution in [3.8, 4) is 35.5 Å². The average molecular weight is 507 g/mol. The Morgan fingerprint density at radius 1 is 0.526 bits per heavy atom. The largest absolute Gasteiger partial charge is 0.508 e. The van der Waals surface area contributed by atoms with E-state index in [9.17, 15) is 0 Å². The molecule has 4 aromatic carbocycles. The zero-order chi connectivity index (χ0) is 27.1. The Labute approximate surface area is 223 Å². The molecule has 0 amide bonds. The van der Waals surface area contributed by atoms with E-state index >= 15 is 0 Å². The third-order valence-electron chi connectivity index (χ3n) is 6.36. The van der Waals surface area contributed by atoms with Gasteiger partial charge in [0.25, 0.3) is 12.5 Å². The molecule has 0 aromatic heterocycles. The quantitative estimate of drug-likeness (QED) is 0.279. The Hall–Kier alpha value is -4.94. The topological polar surface area (TPSA) is 106 Å². The van der Waals surface area contributed by atoms with Gasteiger partial charge in [0, 0.05) is 5.41 Å². The van der Waals surface area contributed by atoms with Crippen molar-refractivity contribution in [1.82, 2.24) is 0 Å². The SMILES string of the molecule is N#COc1ccc(C2(c3ccc(OC#N)cc3)CCCCC2)cc1.Oc1ccccc1.Oc1ccccc1. The molecule has 5 rings (SSSR count). The van der Waals surface area contributed by atoms with Gasteiger partial charge in [-0.15, -0.1) is 10.5 Å². The molecule has 4 aromatic rings. The molecule has 38 heavy (non-hydrogen) atoms. The van der Waals surface area contributed by atoms with Gasteiger partial charge in [0.2, 0.25) is 0 Å². The second-order valence-corrected chi connectivity index (χ2v) is 8.75. The molecule has 6 nitrogen and oxygen atoms in total. The molecule has 6 heteroatoms. The van der Waals surface area contributed by atoms with Crippen molar-refractivity contribution in [3.05, 3.63) is 120 Å². The lowest BCUT2D eigenvalue weighted by Gasteiger charge is -2.38. The second kappa shape index (κ2) is 14.6. The summed E-state index contributed by atoms with van der Waals surface area (Å²) in [5.41, 5.74) is 2.44. The van der Waals surface area contributed by atoms with Gasteiger partial charge in [0.15, 0.2) is 0 Å². The van der Waals surface area contributed by atoms with E-state index in [1.54, 1.807) is 61.0 Å². The normalized spacial score (nSPS) is 13.1. The molecule has 0 radical (unpaired) electrons. The average Bonchev–Trinajstić information content (AvgIpc) is 2.96. The zero-order valence-corrected chi connectivity index (χ0v) is 21.0. The highest BCUT2D eigenvalue weighted by molar-refractivity contribution is 5.44. The van der Waals surface area contributed by atoms with Crippen LogP contribution in [0.2, 0.25) is 0 Å². The smallest absolute Gasteiger partial charge is 0.292 e. The van der Waals surface area contributed by atoms with Crippen LogP contribution in [-0.4, -0.2) is 10.2 Å². The van der Waals surface area contributed by atoms with Crippen molar-refractivity contribution >= 4 is 0 Å². The molecule has 2 N–H and O–H groups in total. The van der Waals surface area contributed by atoms with E-state index in [-0.39, 0.29) is 5.41 Å². The molecule has 0 unspecified atom stereocenters. The Morgan fingerprint density at radius 3 is 1.18 bits per heavy atom. The molecule has 1 aliphatic rings. The fourth-order valence-electron chi connectivity index (χ4n) is 4.54. The summed E-state index contributed by atoms with van der Waals surface area (Å²) in [6.45, 7) is 0. The Bertz CT molecular complexity index is 1210. The Morgan fingerprint density at radius 2 is 0.895 bits per heavy atom. The summed E-state index contributed by atoms with van der Waals surface area (Å²) < 4.78 is 9.78. The number of para-hydroxylation sites is 2. The predicted octanol–water partition coefficient (Wildman–Crippen LogP) is 7.44. The summed E-state index contributed by atoms with van der Waals surface area (Å²) >= 11 is 0. The molecule has 0 spiro atoms. The van der Waals surface area contributed by atoms with Gasteiger partial charge in [-0.1, -0.05) is 79.9 Å². The molecule has 1 fully saturated rings. The van der Waals surface area contributed by atoms with Gasteiger partial charge in [-0.05, 0) is 72.5 Å². The fraction of sp³-hybridized carbons (Fsp3) is 0.188. The van der Waals surface area contributed by atoms with Gasteiger partial charge in [0.1, 0.15) is 23.0 Å². The van der Waals surface area contributed by atoms with E-state index in [4.69, 9.17) is 30.2 Å². The zero-order valence-electron chi connectivity index (χ0n) is 21.0. The predicted molar refractivity (Wildman–Crippen MR) is 145 cm³/mol. The summed E-state index contributed by atoms with van der Waals surface area (Å²) in [7, 11) is 0. The number of nitrogens with zero attached hydrogens (tertiary/aromatic N) is 2. The molecular weight excluding hydrogens is 476 g/mol. The van der Waals surface area contributed by atoms with E-state index < -0.39 is 0 Å². The number of nitriles is 2. The van der Waals surface area contributed by atoms with E-state index in [1.165, 1.54) is 30.4 Å². The van der Waals surface area contributed by atoms with E-state index in [0.717, 1.165) is 12.8 Å². The molecule has 0 atom stereocenters. The van der Waals surface area contributed by atoms with Crippen molar-refractivity contribution < 1.29 is 19.7 Å². The number of aromatic hydroxyl groups is 2. The minimum Gasteiger partial charge on any atom is -0.508 e. The van der Waals surface area contributed by atoms with E-state index in [2.05, 4.69) is 24.3 Å². The van der Waals surface area contributed by atoms with E-state index in [0.29, 0.717) is 23.0 Å². The van der Waals surface area contributed by atoms with Crippen LogP contribution in [-0.2, 0) is 5.41 Å². The van der Waals surface area contributed by atoms with Crippen LogP contribution in [0.1, 0.15) is 43.2 Å². The summed E-state index contributed by atoms with van der Waals surface area (Å²) in [6.07, 6.45) is 9.21. The molecule has 0 aliphatic heterocycles. The minimum atomic E-state index is -0.0331. The summed E-state index contributed by atoms with van der Waals surface area (Å²) in [5.74, 6) is 1.76. The van der Waals surface area contributed by atoms with Crippen LogP contribution < -0.4 is 9.47 Å². The molecule has 1 saturated carbocycles. The van der Waals surface area contributed by atoms with Crippen LogP contribution in [0, 0.1) is 23.0 Å². The Kier molecular flexibility index (Phi) is 10.6. The molecule has 0 saturated heterocycles. The molecular formula is C32H30N2O4. The molecule has 192 valence electrons. The maximum atomic E-state index is 8.63. The lowest BCUT2D eigenvalue weighted by molar-refractivity contribution is 0.345. The minimum absolute atomic E-state index is 0.0331. The third-order valence-corrected chi connectivity index (χ3v) is 6.36. The van der Waals surface area contributed by atoms with Gasteiger partial charge < -0.3 is 19.7 Å². The highest BCUT2D eigenvalue weighted by Gasteiger charge is 2.35. The van der Waals surface area contributed by atoms with Gasteiger partial charge in [-0.25, -0.2) is 0 Å². The molecule has 0 bridgehead atoms. The number of ether oxygens (including phenoxy) is 2. The van der Waals surface area contributed by atoms with Crippen molar-refractivity contribution in [1.29, 1.82) is 10.5 Å². The van der Waals surface area contributed by atoms with Gasteiger partial charge >= 0.3 is 0 Å². The first-order valence-electron chi connectivity index (χ1n) is 12.4. The van der Waals surface area contributed by atoms with Crippen molar-refractivity contribution in [2.24, 2.45) is 0 Å². The number of phenols is 2. The van der Waals surface area contributed by atoms with Crippen LogP contribution >= 0.6 is 0 Å². The lowest BCUT2D eigenvalue weighted by Crippen LogP contribution is -2.30. The van der Waals surface area contributed by atoms with Crippen LogP contribution in [0.4, 0.5) is 0 Å². The number of rotatable bonds is 4. The Balaban J connectivity index is 0.000000231. The monoisotopic (exact) mass is 506 g/mol. The highest BCUT2D eigenvalue weighted by atomic mass is 16.5. The number of benzene rings is 4. The molecule has 0 heterocycles. The first-order valence-corrected chi connectivity index (χ1v) is 12.4.